The van der Waals surface area contributed by atoms with Crippen LogP contribution in [0.15, 0.2) is 23.1 Å². The summed E-state index contributed by atoms with van der Waals surface area (Å²) < 4.78 is 11.3. The second kappa shape index (κ2) is 5.95. The van der Waals surface area contributed by atoms with Crippen molar-refractivity contribution in [2.45, 2.75) is 35.8 Å². The first-order chi connectivity index (χ1) is 9.74. The molecule has 1 aromatic rings. The maximum absolute atomic E-state index is 11.2. The molecule has 20 heavy (non-hydrogen) atoms. The summed E-state index contributed by atoms with van der Waals surface area (Å²) in [5.41, 5.74) is 0. The van der Waals surface area contributed by atoms with Crippen molar-refractivity contribution in [1.82, 2.24) is 0 Å². The molecule has 2 unspecified atom stereocenters. The molecule has 1 aliphatic carbocycles. The number of carbonyl (C=O) groups is 1. The Morgan fingerprint density at radius 2 is 1.95 bits per heavy atom. The Kier molecular flexibility index (Phi) is 4.05. The third-order valence-electron chi connectivity index (χ3n) is 3.78. The van der Waals surface area contributed by atoms with Crippen LogP contribution in [0.4, 0.5) is 0 Å². The predicted octanol–water partition coefficient (Wildman–Crippen LogP) is 3.19. The average Bonchev–Trinajstić information content (AvgIpc) is 2.76. The van der Waals surface area contributed by atoms with Crippen LogP contribution in [0.25, 0.3) is 0 Å². The lowest BCUT2D eigenvalue weighted by molar-refractivity contribution is -0.141. The van der Waals surface area contributed by atoms with E-state index in [1.807, 2.05) is 18.2 Å². The van der Waals surface area contributed by atoms with Crippen LogP contribution >= 0.6 is 11.8 Å². The molecular formula is C15H18O4S. The van der Waals surface area contributed by atoms with Crippen LogP contribution < -0.4 is 9.47 Å². The van der Waals surface area contributed by atoms with Gasteiger partial charge in [0.05, 0.1) is 19.1 Å². The van der Waals surface area contributed by atoms with Gasteiger partial charge in [0, 0.05) is 16.6 Å². The van der Waals surface area contributed by atoms with Crippen molar-refractivity contribution >= 4 is 17.7 Å². The minimum absolute atomic E-state index is 0.164. The fourth-order valence-electron chi connectivity index (χ4n) is 2.74. The van der Waals surface area contributed by atoms with Gasteiger partial charge < -0.3 is 14.6 Å². The smallest absolute Gasteiger partial charge is 0.307 e. The number of hydrogen-bond acceptors (Lipinski definition) is 4. The van der Waals surface area contributed by atoms with Crippen molar-refractivity contribution < 1.29 is 19.4 Å². The van der Waals surface area contributed by atoms with Crippen LogP contribution in [0.5, 0.6) is 11.5 Å². The second-order valence-electron chi connectivity index (χ2n) is 5.19. The second-order valence-corrected chi connectivity index (χ2v) is 6.50. The van der Waals surface area contributed by atoms with Crippen molar-refractivity contribution in [1.29, 1.82) is 0 Å². The first-order valence-electron chi connectivity index (χ1n) is 7.03. The molecule has 2 aliphatic rings. The first-order valence-corrected chi connectivity index (χ1v) is 7.91. The molecule has 1 aliphatic heterocycles. The molecule has 0 radical (unpaired) electrons. The Morgan fingerprint density at radius 3 is 2.75 bits per heavy atom. The Bertz CT molecular complexity index is 503. The molecule has 0 bridgehead atoms. The lowest BCUT2D eigenvalue weighted by Gasteiger charge is -2.16. The predicted molar refractivity (Wildman–Crippen MR) is 76.7 cm³/mol. The Morgan fingerprint density at radius 1 is 1.15 bits per heavy atom. The van der Waals surface area contributed by atoms with Crippen LogP contribution in [0, 0.1) is 5.92 Å². The molecular weight excluding hydrogens is 276 g/mol. The van der Waals surface area contributed by atoms with Gasteiger partial charge in [-0.25, -0.2) is 0 Å². The standard InChI is InChI=1S/C15H18O4S/c16-15(17)11-3-1-4-14(11)20-10-5-6-12-13(9-10)19-8-2-7-18-12/h5-6,9,11,14H,1-4,7-8H2,(H,16,17). The molecule has 0 spiro atoms. The van der Waals surface area contributed by atoms with E-state index in [2.05, 4.69) is 0 Å². The maximum Gasteiger partial charge on any atom is 0.307 e. The average molecular weight is 294 g/mol. The molecule has 1 N–H and O–H groups in total. The summed E-state index contributed by atoms with van der Waals surface area (Å²) in [5, 5.41) is 9.40. The molecule has 4 nitrogen and oxygen atoms in total. The molecule has 0 saturated heterocycles. The van der Waals surface area contributed by atoms with Gasteiger partial charge in [0.2, 0.25) is 0 Å². The van der Waals surface area contributed by atoms with Crippen LogP contribution in [0.1, 0.15) is 25.7 Å². The minimum atomic E-state index is -0.672. The Balaban J connectivity index is 1.74. The van der Waals surface area contributed by atoms with Crippen molar-refractivity contribution in [3.63, 3.8) is 0 Å². The summed E-state index contributed by atoms with van der Waals surface area (Å²) in [5.74, 6) is 0.663. The van der Waals surface area contributed by atoms with Crippen molar-refractivity contribution in [3.05, 3.63) is 18.2 Å². The number of carboxylic acid groups (broad SMARTS) is 1. The summed E-state index contributed by atoms with van der Waals surface area (Å²) in [6.45, 7) is 1.35. The number of hydrogen-bond donors (Lipinski definition) is 1. The molecule has 1 aromatic carbocycles. The fraction of sp³-hybridized carbons (Fsp3) is 0.533. The number of aliphatic carboxylic acids is 1. The van der Waals surface area contributed by atoms with Crippen molar-refractivity contribution in [2.75, 3.05) is 13.2 Å². The molecule has 1 heterocycles. The van der Waals surface area contributed by atoms with Gasteiger partial charge in [0.15, 0.2) is 11.5 Å². The molecule has 2 atom stereocenters. The Hall–Kier alpha value is -1.36. The zero-order valence-corrected chi connectivity index (χ0v) is 12.0. The van der Waals surface area contributed by atoms with E-state index in [0.717, 1.165) is 42.1 Å². The van der Waals surface area contributed by atoms with Gasteiger partial charge in [-0.15, -0.1) is 11.8 Å². The number of thioether (sulfide) groups is 1. The van der Waals surface area contributed by atoms with Crippen LogP contribution in [-0.4, -0.2) is 29.5 Å². The van der Waals surface area contributed by atoms with E-state index < -0.39 is 5.97 Å². The summed E-state index contributed by atoms with van der Waals surface area (Å²) >= 11 is 1.65. The quantitative estimate of drug-likeness (QED) is 0.927. The lowest BCUT2D eigenvalue weighted by Crippen LogP contribution is -2.19. The van der Waals surface area contributed by atoms with Crippen LogP contribution in [0.2, 0.25) is 0 Å². The molecule has 1 fully saturated rings. The summed E-state index contributed by atoms with van der Waals surface area (Å²) in [4.78, 5) is 12.3. The highest BCUT2D eigenvalue weighted by Gasteiger charge is 2.33. The molecule has 108 valence electrons. The minimum Gasteiger partial charge on any atom is -0.490 e. The molecule has 0 aromatic heterocycles. The number of benzene rings is 1. The molecule has 1 saturated carbocycles. The molecule has 3 rings (SSSR count). The zero-order valence-electron chi connectivity index (χ0n) is 11.2. The molecule has 5 heteroatoms. The lowest BCUT2D eigenvalue weighted by atomic mass is 10.1. The van der Waals surface area contributed by atoms with Crippen LogP contribution in [-0.2, 0) is 4.79 Å². The topological polar surface area (TPSA) is 55.8 Å². The maximum atomic E-state index is 11.2. The largest absolute Gasteiger partial charge is 0.490 e. The normalized spacial score (nSPS) is 25.2. The van der Waals surface area contributed by atoms with E-state index in [4.69, 9.17) is 9.47 Å². The van der Waals surface area contributed by atoms with E-state index in [-0.39, 0.29) is 11.2 Å². The van der Waals surface area contributed by atoms with Crippen molar-refractivity contribution in [2.24, 2.45) is 5.92 Å². The van der Waals surface area contributed by atoms with E-state index >= 15 is 0 Å². The van der Waals surface area contributed by atoms with E-state index in [1.165, 1.54) is 0 Å². The number of rotatable bonds is 3. The highest BCUT2D eigenvalue weighted by molar-refractivity contribution is 8.00. The zero-order chi connectivity index (χ0) is 13.9. The number of carboxylic acids is 1. The van der Waals surface area contributed by atoms with Gasteiger partial charge in [-0.2, -0.15) is 0 Å². The third-order valence-corrected chi connectivity index (χ3v) is 5.17. The van der Waals surface area contributed by atoms with Gasteiger partial charge in [0.1, 0.15) is 0 Å². The summed E-state index contributed by atoms with van der Waals surface area (Å²) in [6, 6.07) is 5.89. The monoisotopic (exact) mass is 294 g/mol. The van der Waals surface area contributed by atoms with Gasteiger partial charge in [-0.05, 0) is 31.0 Å². The van der Waals surface area contributed by atoms with Gasteiger partial charge >= 0.3 is 5.97 Å². The molecule has 0 amide bonds. The highest BCUT2D eigenvalue weighted by Crippen LogP contribution is 2.41. The van der Waals surface area contributed by atoms with E-state index in [0.29, 0.717) is 13.2 Å². The SMILES string of the molecule is O=C(O)C1CCCC1Sc1ccc2c(c1)OCCCO2. The number of ether oxygens (including phenoxy) is 2. The van der Waals surface area contributed by atoms with E-state index in [9.17, 15) is 9.90 Å². The van der Waals surface area contributed by atoms with Crippen LogP contribution in [0.3, 0.4) is 0 Å². The van der Waals surface area contributed by atoms with Gasteiger partial charge in [-0.3, -0.25) is 4.79 Å². The number of fused-ring (bicyclic) bond motifs is 1. The summed E-state index contributed by atoms with van der Waals surface area (Å²) in [6.07, 6.45) is 3.65. The fourth-order valence-corrected chi connectivity index (χ4v) is 4.11. The first kappa shape index (κ1) is 13.6. The van der Waals surface area contributed by atoms with Gasteiger partial charge in [0.25, 0.3) is 0 Å². The van der Waals surface area contributed by atoms with Gasteiger partial charge in [-0.1, -0.05) is 6.42 Å². The van der Waals surface area contributed by atoms with E-state index in [1.54, 1.807) is 11.8 Å². The summed E-state index contributed by atoms with van der Waals surface area (Å²) in [7, 11) is 0. The highest BCUT2D eigenvalue weighted by atomic mass is 32.2. The van der Waals surface area contributed by atoms with Crippen molar-refractivity contribution in [3.8, 4) is 11.5 Å². The Labute approximate surface area is 122 Å². The third kappa shape index (κ3) is 2.87.